The fourth-order valence-electron chi connectivity index (χ4n) is 1.93. The Balaban J connectivity index is 1.91. The number of aliphatic carboxylic acids is 1. The first-order valence-corrected chi connectivity index (χ1v) is 6.01. The van der Waals surface area contributed by atoms with E-state index in [9.17, 15) is 4.79 Å². The van der Waals surface area contributed by atoms with Gasteiger partial charge in [-0.3, -0.25) is 9.78 Å². The van der Waals surface area contributed by atoms with Crippen LogP contribution < -0.4 is 0 Å². The van der Waals surface area contributed by atoms with E-state index in [1.54, 1.807) is 34.0 Å². The van der Waals surface area contributed by atoms with Crippen molar-refractivity contribution < 1.29 is 9.90 Å². The number of carboxylic acids is 1. The number of carbonyl (C=O) groups is 1. The molecule has 20 heavy (non-hydrogen) atoms. The molecule has 0 fully saturated rings. The average molecular weight is 273 g/mol. The van der Waals surface area contributed by atoms with Crippen LogP contribution in [0.1, 0.15) is 12.8 Å². The summed E-state index contributed by atoms with van der Waals surface area (Å²) in [5.41, 5.74) is 1.56. The second-order valence-corrected chi connectivity index (χ2v) is 4.19. The van der Waals surface area contributed by atoms with E-state index >= 15 is 0 Å². The summed E-state index contributed by atoms with van der Waals surface area (Å²) < 4.78 is 3.26. The van der Waals surface area contributed by atoms with Crippen LogP contribution in [0.2, 0.25) is 0 Å². The number of fused-ring (bicyclic) bond motifs is 1. The van der Waals surface area contributed by atoms with Gasteiger partial charge in [0.15, 0.2) is 5.82 Å². The van der Waals surface area contributed by atoms with Gasteiger partial charge in [0.25, 0.3) is 0 Å². The summed E-state index contributed by atoms with van der Waals surface area (Å²) in [6.07, 6.45) is 7.26. The maximum atomic E-state index is 10.5. The van der Waals surface area contributed by atoms with Crippen molar-refractivity contribution in [3.63, 3.8) is 0 Å². The van der Waals surface area contributed by atoms with E-state index in [0.717, 1.165) is 11.1 Å². The lowest BCUT2D eigenvalue weighted by Crippen LogP contribution is -2.05. The van der Waals surface area contributed by atoms with Gasteiger partial charge < -0.3 is 5.11 Å². The van der Waals surface area contributed by atoms with Gasteiger partial charge in [0, 0.05) is 25.4 Å². The quantitative estimate of drug-likeness (QED) is 0.709. The smallest absolute Gasteiger partial charge is 0.303 e. The van der Waals surface area contributed by atoms with Crippen LogP contribution in [0.5, 0.6) is 0 Å². The molecule has 0 atom stereocenters. The van der Waals surface area contributed by atoms with Crippen LogP contribution in [0.3, 0.4) is 0 Å². The number of rotatable bonds is 5. The summed E-state index contributed by atoms with van der Waals surface area (Å²) in [4.78, 5) is 14.6. The van der Waals surface area contributed by atoms with Crippen molar-refractivity contribution in [2.24, 2.45) is 0 Å². The van der Waals surface area contributed by atoms with Gasteiger partial charge in [-0.1, -0.05) is 0 Å². The third-order valence-corrected chi connectivity index (χ3v) is 2.86. The first kappa shape index (κ1) is 12.2. The van der Waals surface area contributed by atoms with Gasteiger partial charge in [0.2, 0.25) is 0 Å². The van der Waals surface area contributed by atoms with Crippen LogP contribution in [0.15, 0.2) is 24.8 Å². The van der Waals surface area contributed by atoms with E-state index in [1.807, 2.05) is 0 Å². The number of aryl methyl sites for hydroxylation is 1. The molecule has 0 radical (unpaired) electrons. The van der Waals surface area contributed by atoms with Crippen LogP contribution in [0.4, 0.5) is 0 Å². The van der Waals surface area contributed by atoms with Crippen LogP contribution >= 0.6 is 0 Å². The highest BCUT2D eigenvalue weighted by Crippen LogP contribution is 2.21. The predicted octanol–water partition coefficient (Wildman–Crippen LogP) is 0.248. The van der Waals surface area contributed by atoms with Crippen LogP contribution in [-0.2, 0) is 11.3 Å². The van der Waals surface area contributed by atoms with Crippen molar-refractivity contribution in [2.45, 2.75) is 19.4 Å². The minimum atomic E-state index is -0.834. The number of hydrogen-bond acceptors (Lipinski definition) is 6. The lowest BCUT2D eigenvalue weighted by Gasteiger charge is -2.02. The van der Waals surface area contributed by atoms with Crippen molar-refractivity contribution in [3.05, 3.63) is 24.8 Å². The summed E-state index contributed by atoms with van der Waals surface area (Å²) in [5, 5.41) is 24.4. The molecule has 102 valence electrons. The SMILES string of the molecule is O=C(O)CCCn1nnnc1-c1cnn2ccncc12. The maximum Gasteiger partial charge on any atom is 0.303 e. The van der Waals surface area contributed by atoms with Crippen molar-refractivity contribution in [1.82, 2.24) is 34.8 Å². The standard InChI is InChI=1S/C11H11N7O2/c19-10(20)2-1-4-18-11(14-15-16-18)8-6-13-17-5-3-12-7-9(8)17/h3,5-7H,1-2,4H2,(H,19,20). The molecule has 3 aromatic heterocycles. The lowest BCUT2D eigenvalue weighted by atomic mass is 10.2. The Morgan fingerprint density at radius 1 is 1.35 bits per heavy atom. The molecule has 0 aromatic carbocycles. The van der Waals surface area contributed by atoms with Gasteiger partial charge >= 0.3 is 5.97 Å². The van der Waals surface area contributed by atoms with Crippen molar-refractivity contribution >= 4 is 11.5 Å². The van der Waals surface area contributed by atoms with E-state index in [1.165, 1.54) is 0 Å². The Labute approximate surface area is 112 Å². The summed E-state index contributed by atoms with van der Waals surface area (Å²) in [6.45, 7) is 0.437. The molecule has 9 nitrogen and oxygen atoms in total. The second kappa shape index (κ2) is 5.03. The zero-order chi connectivity index (χ0) is 13.9. The first-order chi connectivity index (χ1) is 9.75. The summed E-state index contributed by atoms with van der Waals surface area (Å²) >= 11 is 0. The van der Waals surface area contributed by atoms with Gasteiger partial charge in [-0.2, -0.15) is 5.10 Å². The topological polar surface area (TPSA) is 111 Å². The highest BCUT2D eigenvalue weighted by atomic mass is 16.4. The van der Waals surface area contributed by atoms with Crippen LogP contribution in [0, 0.1) is 0 Å². The molecule has 1 N–H and O–H groups in total. The molecule has 0 amide bonds. The monoisotopic (exact) mass is 273 g/mol. The fraction of sp³-hybridized carbons (Fsp3) is 0.273. The fourth-order valence-corrected chi connectivity index (χ4v) is 1.93. The molecule has 0 saturated heterocycles. The Kier molecular flexibility index (Phi) is 3.07. The van der Waals surface area contributed by atoms with Gasteiger partial charge in [-0.25, -0.2) is 9.20 Å². The molecule has 3 heterocycles. The minimum absolute atomic E-state index is 0.0790. The summed E-state index contributed by atoms with van der Waals surface area (Å²) in [5.74, 6) is -0.279. The van der Waals surface area contributed by atoms with Gasteiger partial charge in [-0.15, -0.1) is 5.10 Å². The first-order valence-electron chi connectivity index (χ1n) is 6.01. The van der Waals surface area contributed by atoms with E-state index in [2.05, 4.69) is 25.6 Å². The molecule has 0 aliphatic carbocycles. The number of aromatic nitrogens is 7. The number of hydrogen-bond donors (Lipinski definition) is 1. The predicted molar refractivity (Wildman–Crippen MR) is 66.7 cm³/mol. The highest BCUT2D eigenvalue weighted by Gasteiger charge is 2.14. The van der Waals surface area contributed by atoms with Gasteiger partial charge in [-0.05, 0) is 16.8 Å². The molecule has 0 aliphatic heterocycles. The highest BCUT2D eigenvalue weighted by molar-refractivity contribution is 5.74. The number of tetrazole rings is 1. The molecular weight excluding hydrogens is 262 g/mol. The zero-order valence-corrected chi connectivity index (χ0v) is 10.4. The Hall–Kier alpha value is -2.84. The van der Waals surface area contributed by atoms with Crippen LogP contribution in [0.25, 0.3) is 16.9 Å². The third-order valence-electron chi connectivity index (χ3n) is 2.86. The Morgan fingerprint density at radius 3 is 3.10 bits per heavy atom. The van der Waals surface area contributed by atoms with E-state index < -0.39 is 5.97 Å². The molecular formula is C11H11N7O2. The molecule has 0 unspecified atom stereocenters. The van der Waals surface area contributed by atoms with E-state index in [4.69, 9.17) is 5.11 Å². The molecule has 0 saturated carbocycles. The van der Waals surface area contributed by atoms with E-state index in [-0.39, 0.29) is 6.42 Å². The number of nitrogens with zero attached hydrogens (tertiary/aromatic N) is 7. The Morgan fingerprint density at radius 2 is 2.25 bits per heavy atom. The lowest BCUT2D eigenvalue weighted by molar-refractivity contribution is -0.137. The molecule has 0 spiro atoms. The van der Waals surface area contributed by atoms with E-state index in [0.29, 0.717) is 18.8 Å². The largest absolute Gasteiger partial charge is 0.481 e. The average Bonchev–Trinajstić information content (AvgIpc) is 3.04. The zero-order valence-electron chi connectivity index (χ0n) is 10.4. The summed E-state index contributed by atoms with van der Waals surface area (Å²) in [6, 6.07) is 0. The van der Waals surface area contributed by atoms with Crippen molar-refractivity contribution in [2.75, 3.05) is 0 Å². The van der Waals surface area contributed by atoms with Gasteiger partial charge in [0.1, 0.15) is 0 Å². The molecule has 0 aliphatic rings. The van der Waals surface area contributed by atoms with Gasteiger partial charge in [0.05, 0.1) is 23.5 Å². The Bertz CT molecular complexity index is 748. The molecule has 9 heteroatoms. The molecule has 3 aromatic rings. The normalized spacial score (nSPS) is 11.0. The second-order valence-electron chi connectivity index (χ2n) is 4.19. The minimum Gasteiger partial charge on any atom is -0.481 e. The molecule has 0 bridgehead atoms. The van der Waals surface area contributed by atoms with Crippen molar-refractivity contribution in [1.29, 1.82) is 0 Å². The van der Waals surface area contributed by atoms with Crippen molar-refractivity contribution in [3.8, 4) is 11.4 Å². The number of carboxylic acid groups (broad SMARTS) is 1. The molecule has 3 rings (SSSR count). The third kappa shape index (κ3) is 2.20. The maximum absolute atomic E-state index is 10.5. The van der Waals surface area contributed by atoms with Crippen LogP contribution in [-0.4, -0.2) is 45.9 Å². The summed E-state index contributed by atoms with van der Waals surface area (Å²) in [7, 11) is 0.